The topological polar surface area (TPSA) is 64.8 Å². The van der Waals surface area contributed by atoms with Gasteiger partial charge in [0.1, 0.15) is 12.1 Å². The van der Waals surface area contributed by atoms with Crippen molar-refractivity contribution in [1.82, 2.24) is 19.6 Å². The summed E-state index contributed by atoms with van der Waals surface area (Å²) in [7, 11) is 0. The zero-order chi connectivity index (χ0) is 16.1. The first-order valence-corrected chi connectivity index (χ1v) is 8.13. The van der Waals surface area contributed by atoms with Crippen LogP contribution in [0.2, 0.25) is 0 Å². The van der Waals surface area contributed by atoms with Gasteiger partial charge in [0, 0.05) is 18.3 Å². The molecule has 5 rings (SSSR count). The fraction of sp³-hybridized carbons (Fsp3) is 0.353. The molecule has 0 amide bonds. The molecule has 4 heterocycles. The van der Waals surface area contributed by atoms with Crippen molar-refractivity contribution in [2.75, 3.05) is 18.2 Å². The van der Waals surface area contributed by atoms with Crippen molar-refractivity contribution >= 4 is 11.6 Å². The molecule has 1 saturated heterocycles. The fourth-order valence-corrected chi connectivity index (χ4v) is 3.62. The van der Waals surface area contributed by atoms with Crippen LogP contribution in [0, 0.1) is 6.92 Å². The van der Waals surface area contributed by atoms with Crippen LogP contribution in [0.5, 0.6) is 11.5 Å². The second kappa shape index (κ2) is 5.09. The molecule has 7 nitrogen and oxygen atoms in total. The van der Waals surface area contributed by atoms with Crippen molar-refractivity contribution in [1.29, 1.82) is 0 Å². The molecule has 1 atom stereocenters. The van der Waals surface area contributed by atoms with E-state index >= 15 is 0 Å². The van der Waals surface area contributed by atoms with E-state index in [0.29, 0.717) is 12.6 Å². The summed E-state index contributed by atoms with van der Waals surface area (Å²) < 4.78 is 12.8. The number of aromatic nitrogens is 4. The number of hydrogen-bond acceptors (Lipinski definition) is 6. The predicted octanol–water partition coefficient (Wildman–Crippen LogP) is 2.50. The van der Waals surface area contributed by atoms with E-state index in [-0.39, 0.29) is 6.04 Å². The van der Waals surface area contributed by atoms with E-state index < -0.39 is 0 Å². The van der Waals surface area contributed by atoms with Gasteiger partial charge in [-0.1, -0.05) is 6.07 Å². The van der Waals surface area contributed by atoms with Gasteiger partial charge < -0.3 is 14.4 Å². The first kappa shape index (κ1) is 13.6. The second-order valence-corrected chi connectivity index (χ2v) is 6.19. The number of rotatable bonds is 2. The molecule has 24 heavy (non-hydrogen) atoms. The maximum absolute atomic E-state index is 5.54. The smallest absolute Gasteiger partial charge is 0.254 e. The third-order valence-electron chi connectivity index (χ3n) is 4.69. The molecule has 0 aliphatic carbocycles. The van der Waals surface area contributed by atoms with Gasteiger partial charge in [-0.05, 0) is 37.5 Å². The largest absolute Gasteiger partial charge is 0.454 e. The average molecular weight is 323 g/mol. The fourth-order valence-electron chi connectivity index (χ4n) is 3.62. The molecule has 1 aromatic carbocycles. The number of ether oxygens (including phenoxy) is 2. The maximum Gasteiger partial charge on any atom is 0.254 e. The third-order valence-corrected chi connectivity index (χ3v) is 4.69. The van der Waals surface area contributed by atoms with E-state index in [1.807, 2.05) is 17.5 Å². The summed E-state index contributed by atoms with van der Waals surface area (Å²) in [5, 5.41) is 4.35. The van der Waals surface area contributed by atoms with Gasteiger partial charge in [-0.2, -0.15) is 14.6 Å². The molecule has 2 aromatic heterocycles. The van der Waals surface area contributed by atoms with Crippen LogP contribution in [0.1, 0.15) is 30.1 Å². The van der Waals surface area contributed by atoms with Gasteiger partial charge in [-0.15, -0.1) is 0 Å². The van der Waals surface area contributed by atoms with Crippen LogP contribution in [-0.4, -0.2) is 32.9 Å². The summed E-state index contributed by atoms with van der Waals surface area (Å²) in [6.07, 6.45) is 3.78. The molecule has 1 fully saturated rings. The van der Waals surface area contributed by atoms with Crippen LogP contribution in [-0.2, 0) is 0 Å². The highest BCUT2D eigenvalue weighted by Gasteiger charge is 2.29. The molecule has 2 aliphatic heterocycles. The number of fused-ring (bicyclic) bond motifs is 2. The molecule has 0 spiro atoms. The van der Waals surface area contributed by atoms with Crippen LogP contribution in [0.3, 0.4) is 0 Å². The van der Waals surface area contributed by atoms with Crippen molar-refractivity contribution in [3.05, 3.63) is 41.9 Å². The quantitative estimate of drug-likeness (QED) is 0.722. The summed E-state index contributed by atoms with van der Waals surface area (Å²) in [6, 6.07) is 8.58. The second-order valence-electron chi connectivity index (χ2n) is 6.19. The van der Waals surface area contributed by atoms with E-state index in [0.717, 1.165) is 42.4 Å². The van der Waals surface area contributed by atoms with Crippen LogP contribution in [0.4, 0.5) is 5.82 Å². The maximum atomic E-state index is 5.54. The molecule has 2 aliphatic rings. The number of anilines is 1. The molecule has 0 saturated carbocycles. The Balaban J connectivity index is 1.58. The van der Waals surface area contributed by atoms with Gasteiger partial charge in [-0.3, -0.25) is 0 Å². The van der Waals surface area contributed by atoms with Gasteiger partial charge >= 0.3 is 0 Å². The highest BCUT2D eigenvalue weighted by atomic mass is 16.7. The lowest BCUT2D eigenvalue weighted by Gasteiger charge is -2.27. The van der Waals surface area contributed by atoms with E-state index in [4.69, 9.17) is 9.47 Å². The third kappa shape index (κ3) is 2.01. The van der Waals surface area contributed by atoms with Crippen molar-refractivity contribution in [3.63, 3.8) is 0 Å². The van der Waals surface area contributed by atoms with Crippen LogP contribution in [0.15, 0.2) is 30.6 Å². The Morgan fingerprint density at radius 2 is 2.08 bits per heavy atom. The number of hydrogen-bond donors (Lipinski definition) is 0. The first-order valence-electron chi connectivity index (χ1n) is 8.13. The Morgan fingerprint density at radius 1 is 1.17 bits per heavy atom. The Morgan fingerprint density at radius 3 is 3.04 bits per heavy atom. The van der Waals surface area contributed by atoms with Crippen LogP contribution in [0.25, 0.3) is 5.78 Å². The minimum atomic E-state index is 0.286. The normalized spacial score (nSPS) is 19.4. The molecule has 0 N–H and O–H groups in total. The molecule has 3 aromatic rings. The summed E-state index contributed by atoms with van der Waals surface area (Å²) in [4.78, 5) is 11.1. The first-order chi connectivity index (χ1) is 11.8. The molecular formula is C17H17N5O2. The highest BCUT2D eigenvalue weighted by Crippen LogP contribution is 2.40. The Bertz CT molecular complexity index is 922. The summed E-state index contributed by atoms with van der Waals surface area (Å²) >= 11 is 0. The molecule has 0 radical (unpaired) electrons. The Kier molecular flexibility index (Phi) is 2.88. The lowest BCUT2D eigenvalue weighted by Crippen LogP contribution is -2.25. The Labute approximate surface area is 138 Å². The Hall–Kier alpha value is -2.83. The van der Waals surface area contributed by atoms with Crippen molar-refractivity contribution in [2.24, 2.45) is 0 Å². The van der Waals surface area contributed by atoms with Gasteiger partial charge in [0.25, 0.3) is 5.78 Å². The average Bonchev–Trinajstić information content (AvgIpc) is 3.32. The molecule has 0 bridgehead atoms. The lowest BCUT2D eigenvalue weighted by atomic mass is 10.0. The SMILES string of the molecule is Cc1cc(N2CCCC2c2ccc3c(c2)OCO3)n2ncnc2n1. The lowest BCUT2D eigenvalue weighted by molar-refractivity contribution is 0.174. The van der Waals surface area contributed by atoms with Gasteiger partial charge in [0.15, 0.2) is 11.5 Å². The van der Waals surface area contributed by atoms with E-state index in [1.54, 1.807) is 6.33 Å². The molecular weight excluding hydrogens is 306 g/mol. The van der Waals surface area contributed by atoms with Gasteiger partial charge in [0.2, 0.25) is 6.79 Å². The van der Waals surface area contributed by atoms with Crippen molar-refractivity contribution < 1.29 is 9.47 Å². The monoisotopic (exact) mass is 323 g/mol. The summed E-state index contributed by atoms with van der Waals surface area (Å²) in [5.41, 5.74) is 2.18. The van der Waals surface area contributed by atoms with Gasteiger partial charge in [0.05, 0.1) is 6.04 Å². The standard InChI is InChI=1S/C17H17N5O2/c1-11-7-16(22-17(20-11)18-9-19-22)21-6-2-3-13(21)12-4-5-14-15(8-12)24-10-23-14/h4-5,7-9,13H,2-3,6,10H2,1H3. The predicted molar refractivity (Wildman–Crippen MR) is 87.4 cm³/mol. The number of nitrogens with zero attached hydrogens (tertiary/aromatic N) is 5. The number of benzene rings is 1. The van der Waals surface area contributed by atoms with Crippen LogP contribution < -0.4 is 14.4 Å². The molecule has 122 valence electrons. The highest BCUT2D eigenvalue weighted by molar-refractivity contribution is 5.52. The van der Waals surface area contributed by atoms with E-state index in [1.165, 1.54) is 5.56 Å². The molecule has 1 unspecified atom stereocenters. The zero-order valence-electron chi connectivity index (χ0n) is 13.3. The minimum Gasteiger partial charge on any atom is -0.454 e. The van der Waals surface area contributed by atoms with Crippen molar-refractivity contribution in [3.8, 4) is 11.5 Å². The van der Waals surface area contributed by atoms with Crippen LogP contribution >= 0.6 is 0 Å². The van der Waals surface area contributed by atoms with E-state index in [9.17, 15) is 0 Å². The van der Waals surface area contributed by atoms with E-state index in [2.05, 4.69) is 38.2 Å². The van der Waals surface area contributed by atoms with Crippen molar-refractivity contribution in [2.45, 2.75) is 25.8 Å². The molecule has 7 heteroatoms. The summed E-state index contributed by atoms with van der Waals surface area (Å²) in [5.74, 6) is 3.33. The summed E-state index contributed by atoms with van der Waals surface area (Å²) in [6.45, 7) is 3.28. The number of aryl methyl sites for hydroxylation is 1. The minimum absolute atomic E-state index is 0.286. The van der Waals surface area contributed by atoms with Gasteiger partial charge in [-0.25, -0.2) is 4.98 Å². The zero-order valence-corrected chi connectivity index (χ0v) is 13.3.